The van der Waals surface area contributed by atoms with Crippen molar-refractivity contribution in [1.29, 1.82) is 0 Å². The Hall–Kier alpha value is -0.910. The fourth-order valence-electron chi connectivity index (χ4n) is 0.487. The van der Waals surface area contributed by atoms with E-state index in [0.29, 0.717) is 18.2 Å². The van der Waals surface area contributed by atoms with Gasteiger partial charge in [-0.2, -0.15) is 0 Å². The molecule has 0 saturated carbocycles. The van der Waals surface area contributed by atoms with Crippen molar-refractivity contribution in [3.05, 3.63) is 4.91 Å². The zero-order chi connectivity index (χ0) is 8.69. The van der Waals surface area contributed by atoms with Gasteiger partial charge >= 0.3 is 0 Å². The number of carbonyl (C=O) groups excluding carboxylic acids is 2. The maximum absolute atomic E-state index is 10.4. The summed E-state index contributed by atoms with van der Waals surface area (Å²) in [6.45, 7) is 1.30. The molecule has 1 unspecified atom stereocenters. The molecule has 0 aliphatic rings. The number of hydrogen-bond donors (Lipinski definition) is 1. The summed E-state index contributed by atoms with van der Waals surface area (Å²) in [5.74, 6) is -0.111. The predicted octanol–water partition coefficient (Wildman–Crippen LogP) is 0.105. The van der Waals surface area contributed by atoms with Crippen LogP contribution in [0.2, 0.25) is 0 Å². The quantitative estimate of drug-likeness (QED) is 0.366. The fraction of sp³-hybridized carbons (Fsp3) is 0.600. The Kier molecular flexibility index (Phi) is 5.36. The van der Waals surface area contributed by atoms with E-state index in [0.717, 1.165) is 0 Å². The molecular formula is C5H8N2O3S. The van der Waals surface area contributed by atoms with Crippen LogP contribution in [0.4, 0.5) is 0 Å². The Morgan fingerprint density at radius 2 is 2.45 bits per heavy atom. The SMILES string of the molecule is CC(=O)NC(C=O)CSN=O. The zero-order valence-corrected chi connectivity index (χ0v) is 6.76. The number of aldehydes is 1. The van der Waals surface area contributed by atoms with Crippen molar-refractivity contribution in [1.82, 2.24) is 5.32 Å². The Labute approximate surface area is 68.0 Å². The van der Waals surface area contributed by atoms with Crippen LogP contribution in [0.1, 0.15) is 6.92 Å². The smallest absolute Gasteiger partial charge is 0.217 e. The first-order valence-electron chi connectivity index (χ1n) is 2.87. The maximum Gasteiger partial charge on any atom is 0.217 e. The second-order valence-corrected chi connectivity index (χ2v) is 2.55. The number of amides is 1. The third kappa shape index (κ3) is 5.53. The van der Waals surface area contributed by atoms with Gasteiger partial charge in [0, 0.05) is 29.2 Å². The molecule has 0 aliphatic carbocycles. The molecule has 0 saturated heterocycles. The van der Waals surface area contributed by atoms with Gasteiger partial charge in [-0.3, -0.25) is 4.79 Å². The highest BCUT2D eigenvalue weighted by atomic mass is 32.2. The largest absolute Gasteiger partial charge is 0.346 e. The molecule has 1 amide bonds. The number of nitrogens with one attached hydrogen (secondary N) is 1. The van der Waals surface area contributed by atoms with E-state index in [2.05, 4.69) is 9.90 Å². The van der Waals surface area contributed by atoms with E-state index in [-0.39, 0.29) is 11.7 Å². The van der Waals surface area contributed by atoms with Crippen molar-refractivity contribution >= 4 is 24.1 Å². The molecule has 0 spiro atoms. The van der Waals surface area contributed by atoms with Crippen LogP contribution in [0.5, 0.6) is 0 Å². The molecule has 5 nitrogen and oxygen atoms in total. The number of carbonyl (C=O) groups is 2. The first kappa shape index (κ1) is 10.1. The molecule has 0 bridgehead atoms. The lowest BCUT2D eigenvalue weighted by atomic mass is 10.4. The Bertz CT molecular complexity index is 162. The molecule has 0 aromatic carbocycles. The highest BCUT2D eigenvalue weighted by Crippen LogP contribution is 2.01. The molecule has 1 N–H and O–H groups in total. The molecule has 0 aromatic rings. The van der Waals surface area contributed by atoms with Crippen molar-refractivity contribution in [2.75, 3.05) is 5.75 Å². The van der Waals surface area contributed by atoms with Crippen molar-refractivity contribution < 1.29 is 9.59 Å². The molecule has 62 valence electrons. The minimum atomic E-state index is -0.616. The number of nitroso groups, excluding NO2 is 1. The Balaban J connectivity index is 3.65. The van der Waals surface area contributed by atoms with Crippen LogP contribution in [-0.2, 0) is 9.59 Å². The first-order chi connectivity index (χ1) is 5.20. The van der Waals surface area contributed by atoms with Gasteiger partial charge in [0.2, 0.25) is 5.91 Å². The number of hydrogen-bond acceptors (Lipinski definition) is 5. The minimum absolute atomic E-state index is 0.187. The highest BCUT2D eigenvalue weighted by Gasteiger charge is 2.07. The minimum Gasteiger partial charge on any atom is -0.346 e. The van der Waals surface area contributed by atoms with Crippen LogP contribution in [0.25, 0.3) is 0 Å². The van der Waals surface area contributed by atoms with Crippen LogP contribution in [0, 0.1) is 4.91 Å². The molecule has 0 radical (unpaired) electrons. The predicted molar refractivity (Wildman–Crippen MR) is 41.9 cm³/mol. The molecule has 0 aliphatic heterocycles. The van der Waals surface area contributed by atoms with E-state index in [9.17, 15) is 14.5 Å². The van der Waals surface area contributed by atoms with E-state index in [1.165, 1.54) is 6.92 Å². The zero-order valence-electron chi connectivity index (χ0n) is 5.94. The van der Waals surface area contributed by atoms with Gasteiger partial charge in [-0.1, -0.05) is 0 Å². The van der Waals surface area contributed by atoms with Crippen molar-refractivity contribution in [2.45, 2.75) is 13.0 Å². The lowest BCUT2D eigenvalue weighted by Crippen LogP contribution is -2.36. The average Bonchev–Trinajstić information content (AvgIpc) is 1.97. The second-order valence-electron chi connectivity index (χ2n) is 1.81. The summed E-state index contributed by atoms with van der Waals surface area (Å²) in [7, 11) is 0. The van der Waals surface area contributed by atoms with E-state index in [4.69, 9.17) is 0 Å². The summed E-state index contributed by atoms with van der Waals surface area (Å²) in [6, 6.07) is -0.616. The fourth-order valence-corrected chi connectivity index (χ4v) is 0.870. The van der Waals surface area contributed by atoms with Crippen molar-refractivity contribution in [3.63, 3.8) is 0 Å². The summed E-state index contributed by atoms with van der Waals surface area (Å²) in [6.07, 6.45) is 0.569. The van der Waals surface area contributed by atoms with Gasteiger partial charge in [-0.05, 0) is 0 Å². The number of nitrogens with zero attached hydrogens (tertiary/aromatic N) is 1. The molecule has 6 heteroatoms. The van der Waals surface area contributed by atoms with E-state index >= 15 is 0 Å². The van der Waals surface area contributed by atoms with Gasteiger partial charge in [0.05, 0.1) is 6.04 Å². The van der Waals surface area contributed by atoms with Gasteiger partial charge in [-0.25, -0.2) is 0 Å². The molecule has 0 rings (SSSR count). The second kappa shape index (κ2) is 5.84. The summed E-state index contributed by atoms with van der Waals surface area (Å²) in [5, 5.41) is 2.34. The van der Waals surface area contributed by atoms with Gasteiger partial charge in [0.25, 0.3) is 0 Å². The summed E-state index contributed by atoms with van der Waals surface area (Å²) < 4.78 is 2.49. The van der Waals surface area contributed by atoms with Crippen molar-refractivity contribution in [2.24, 2.45) is 4.58 Å². The topological polar surface area (TPSA) is 75.6 Å². The van der Waals surface area contributed by atoms with E-state index in [1.54, 1.807) is 0 Å². The van der Waals surface area contributed by atoms with Gasteiger partial charge in [0.1, 0.15) is 6.29 Å². The summed E-state index contributed by atoms with van der Waals surface area (Å²) in [5.41, 5.74) is 0. The first-order valence-corrected chi connectivity index (χ1v) is 3.82. The normalized spacial score (nSPS) is 11.7. The molecular weight excluding hydrogens is 168 g/mol. The standard InChI is InChI=1S/C5H8N2O3S/c1-4(9)6-5(2-8)3-11-7-10/h2,5H,3H2,1H3,(H,6,9). The van der Waals surface area contributed by atoms with Gasteiger partial charge < -0.3 is 10.1 Å². The molecule has 1 atom stereocenters. The molecule has 0 fully saturated rings. The van der Waals surface area contributed by atoms with E-state index < -0.39 is 6.04 Å². The van der Waals surface area contributed by atoms with Crippen LogP contribution >= 0.6 is 11.9 Å². The van der Waals surface area contributed by atoms with E-state index in [1.807, 2.05) is 0 Å². The van der Waals surface area contributed by atoms with Gasteiger partial charge in [0.15, 0.2) is 0 Å². The monoisotopic (exact) mass is 176 g/mol. The lowest BCUT2D eigenvalue weighted by Gasteiger charge is -2.06. The van der Waals surface area contributed by atoms with Crippen LogP contribution in [0.3, 0.4) is 0 Å². The van der Waals surface area contributed by atoms with Crippen LogP contribution in [-0.4, -0.2) is 24.0 Å². The molecule has 0 heterocycles. The highest BCUT2D eigenvalue weighted by molar-refractivity contribution is 7.97. The lowest BCUT2D eigenvalue weighted by molar-refractivity contribution is -0.121. The summed E-state index contributed by atoms with van der Waals surface area (Å²) >= 11 is 0.706. The Morgan fingerprint density at radius 3 is 2.82 bits per heavy atom. The molecule has 0 aromatic heterocycles. The van der Waals surface area contributed by atoms with Crippen LogP contribution < -0.4 is 5.32 Å². The third-order valence-corrected chi connectivity index (χ3v) is 1.47. The van der Waals surface area contributed by atoms with Crippen molar-refractivity contribution in [3.8, 4) is 0 Å². The Morgan fingerprint density at radius 1 is 1.82 bits per heavy atom. The average molecular weight is 176 g/mol. The van der Waals surface area contributed by atoms with Crippen LogP contribution in [0.15, 0.2) is 4.58 Å². The maximum atomic E-state index is 10.4. The molecule has 11 heavy (non-hydrogen) atoms. The number of rotatable bonds is 5. The third-order valence-electron chi connectivity index (χ3n) is 0.860. The summed E-state index contributed by atoms with van der Waals surface area (Å²) in [4.78, 5) is 30.2. The van der Waals surface area contributed by atoms with Gasteiger partial charge in [-0.15, -0.1) is 4.91 Å².